The van der Waals surface area contributed by atoms with E-state index in [1.165, 1.54) is 38.5 Å². The fourth-order valence-corrected chi connectivity index (χ4v) is 3.01. The first kappa shape index (κ1) is 12.1. The Morgan fingerprint density at radius 1 is 1.14 bits per heavy atom. The summed E-state index contributed by atoms with van der Waals surface area (Å²) in [7, 11) is 0. The molecule has 0 spiro atoms. The van der Waals surface area contributed by atoms with Gasteiger partial charge in [0.05, 0.1) is 0 Å². The van der Waals surface area contributed by atoms with E-state index in [9.17, 15) is 0 Å². The molecule has 0 aromatic heterocycles. The molecule has 1 saturated carbocycles. The van der Waals surface area contributed by atoms with Crippen LogP contribution in [0.3, 0.4) is 0 Å². The molecule has 3 unspecified atom stereocenters. The normalized spacial score (nSPS) is 34.7. The highest BCUT2D eigenvalue weighted by atomic mass is 14.3. The first-order chi connectivity index (χ1) is 6.65. The molecule has 0 aromatic rings. The average Bonchev–Trinajstić information content (AvgIpc) is 2.46. The SMILES string of the molecule is CCC[C@@H](C)CCC1CCC(C)C1C. The van der Waals surface area contributed by atoms with Crippen LogP contribution < -0.4 is 0 Å². The zero-order valence-electron chi connectivity index (χ0n) is 10.6. The van der Waals surface area contributed by atoms with Crippen LogP contribution in [0.4, 0.5) is 0 Å². The van der Waals surface area contributed by atoms with Gasteiger partial charge in [-0.3, -0.25) is 0 Å². The van der Waals surface area contributed by atoms with E-state index >= 15 is 0 Å². The maximum Gasteiger partial charge on any atom is -0.0386 e. The van der Waals surface area contributed by atoms with Crippen molar-refractivity contribution in [3.05, 3.63) is 0 Å². The molecule has 0 nitrogen and oxygen atoms in total. The molecule has 84 valence electrons. The largest absolute Gasteiger partial charge is 0.0654 e. The van der Waals surface area contributed by atoms with E-state index in [1.807, 2.05) is 0 Å². The van der Waals surface area contributed by atoms with Crippen molar-refractivity contribution in [2.24, 2.45) is 23.7 Å². The predicted octanol–water partition coefficient (Wildman–Crippen LogP) is 4.89. The quantitative estimate of drug-likeness (QED) is 0.587. The van der Waals surface area contributed by atoms with Crippen molar-refractivity contribution < 1.29 is 0 Å². The lowest BCUT2D eigenvalue weighted by molar-refractivity contribution is 0.310. The predicted molar refractivity (Wildman–Crippen MR) is 64.4 cm³/mol. The van der Waals surface area contributed by atoms with Crippen molar-refractivity contribution in [1.82, 2.24) is 0 Å². The fraction of sp³-hybridized carbons (Fsp3) is 1.00. The molecule has 1 fully saturated rings. The Labute approximate surface area is 90.5 Å². The van der Waals surface area contributed by atoms with Crippen LogP contribution in [-0.2, 0) is 0 Å². The van der Waals surface area contributed by atoms with Gasteiger partial charge in [0.2, 0.25) is 0 Å². The topological polar surface area (TPSA) is 0 Å². The van der Waals surface area contributed by atoms with Gasteiger partial charge in [0, 0.05) is 0 Å². The molecule has 0 heteroatoms. The third kappa shape index (κ3) is 3.29. The van der Waals surface area contributed by atoms with Crippen molar-refractivity contribution in [3.63, 3.8) is 0 Å². The second-order valence-electron chi connectivity index (χ2n) is 5.65. The van der Waals surface area contributed by atoms with Gasteiger partial charge in [0.1, 0.15) is 0 Å². The van der Waals surface area contributed by atoms with Crippen LogP contribution in [0.5, 0.6) is 0 Å². The van der Waals surface area contributed by atoms with E-state index in [4.69, 9.17) is 0 Å². The van der Waals surface area contributed by atoms with E-state index in [0.717, 1.165) is 23.7 Å². The summed E-state index contributed by atoms with van der Waals surface area (Å²) in [5, 5.41) is 0. The molecule has 4 atom stereocenters. The van der Waals surface area contributed by atoms with Gasteiger partial charge in [-0.2, -0.15) is 0 Å². The monoisotopic (exact) mass is 196 g/mol. The summed E-state index contributed by atoms with van der Waals surface area (Å²) >= 11 is 0. The number of hydrogen-bond donors (Lipinski definition) is 0. The van der Waals surface area contributed by atoms with Crippen molar-refractivity contribution in [3.8, 4) is 0 Å². The van der Waals surface area contributed by atoms with Gasteiger partial charge in [-0.05, 0) is 36.5 Å². The van der Waals surface area contributed by atoms with Gasteiger partial charge in [-0.25, -0.2) is 0 Å². The summed E-state index contributed by atoms with van der Waals surface area (Å²) in [5.74, 6) is 3.98. The zero-order chi connectivity index (χ0) is 10.6. The third-order valence-corrected chi connectivity index (χ3v) is 4.45. The highest BCUT2D eigenvalue weighted by Gasteiger charge is 2.29. The summed E-state index contributed by atoms with van der Waals surface area (Å²) in [6.07, 6.45) is 8.73. The molecule has 0 saturated heterocycles. The highest BCUT2D eigenvalue weighted by molar-refractivity contribution is 4.79. The maximum absolute atomic E-state index is 2.47. The smallest absolute Gasteiger partial charge is 0.0386 e. The van der Waals surface area contributed by atoms with Crippen molar-refractivity contribution in [1.29, 1.82) is 0 Å². The lowest BCUT2D eigenvalue weighted by Gasteiger charge is -2.19. The van der Waals surface area contributed by atoms with E-state index in [2.05, 4.69) is 27.7 Å². The first-order valence-electron chi connectivity index (χ1n) is 6.65. The minimum atomic E-state index is 0.961. The fourth-order valence-electron chi connectivity index (χ4n) is 3.01. The van der Waals surface area contributed by atoms with Gasteiger partial charge in [-0.15, -0.1) is 0 Å². The van der Waals surface area contributed by atoms with E-state index < -0.39 is 0 Å². The molecule has 0 bridgehead atoms. The highest BCUT2D eigenvalue weighted by Crippen LogP contribution is 2.39. The molecule has 0 heterocycles. The molecule has 0 radical (unpaired) electrons. The lowest BCUT2D eigenvalue weighted by atomic mass is 9.86. The Balaban J connectivity index is 2.18. The van der Waals surface area contributed by atoms with Gasteiger partial charge >= 0.3 is 0 Å². The Morgan fingerprint density at radius 3 is 2.36 bits per heavy atom. The second-order valence-corrected chi connectivity index (χ2v) is 5.65. The molecule has 0 amide bonds. The first-order valence-corrected chi connectivity index (χ1v) is 6.65. The lowest BCUT2D eigenvalue weighted by Crippen LogP contribution is -2.10. The van der Waals surface area contributed by atoms with Crippen LogP contribution in [0, 0.1) is 23.7 Å². The molecule has 14 heavy (non-hydrogen) atoms. The number of rotatable bonds is 5. The van der Waals surface area contributed by atoms with Crippen molar-refractivity contribution in [2.45, 2.75) is 66.2 Å². The van der Waals surface area contributed by atoms with E-state index in [0.29, 0.717) is 0 Å². The zero-order valence-corrected chi connectivity index (χ0v) is 10.6. The summed E-state index contributed by atoms with van der Waals surface area (Å²) in [6.45, 7) is 9.62. The Morgan fingerprint density at radius 2 is 1.86 bits per heavy atom. The van der Waals surface area contributed by atoms with Crippen molar-refractivity contribution in [2.75, 3.05) is 0 Å². The maximum atomic E-state index is 2.47. The Bertz CT molecular complexity index is 150. The van der Waals surface area contributed by atoms with Gasteiger partial charge in [-0.1, -0.05) is 53.4 Å². The van der Waals surface area contributed by atoms with Crippen LogP contribution in [-0.4, -0.2) is 0 Å². The number of hydrogen-bond acceptors (Lipinski definition) is 0. The molecular formula is C14H28. The molecule has 0 N–H and O–H groups in total. The van der Waals surface area contributed by atoms with E-state index in [-0.39, 0.29) is 0 Å². The van der Waals surface area contributed by atoms with E-state index in [1.54, 1.807) is 0 Å². The minimum Gasteiger partial charge on any atom is -0.0654 e. The second kappa shape index (κ2) is 5.78. The molecule has 1 rings (SSSR count). The van der Waals surface area contributed by atoms with Crippen LogP contribution >= 0.6 is 0 Å². The van der Waals surface area contributed by atoms with Crippen molar-refractivity contribution >= 4 is 0 Å². The molecule has 0 aliphatic heterocycles. The summed E-state index contributed by atoms with van der Waals surface area (Å²) in [5.41, 5.74) is 0. The minimum absolute atomic E-state index is 0.961. The third-order valence-electron chi connectivity index (χ3n) is 4.45. The Kier molecular flexibility index (Phi) is 4.98. The molecule has 1 aliphatic rings. The van der Waals surface area contributed by atoms with Gasteiger partial charge in [0.25, 0.3) is 0 Å². The van der Waals surface area contributed by atoms with Gasteiger partial charge < -0.3 is 0 Å². The standard InChI is InChI=1S/C14H28/c1-5-6-11(2)7-9-14-10-8-12(3)13(14)4/h11-14H,5-10H2,1-4H3/t11-,12?,13?,14?/m1/s1. The molecule has 1 aliphatic carbocycles. The molecular weight excluding hydrogens is 168 g/mol. The summed E-state index contributed by atoms with van der Waals surface area (Å²) in [6, 6.07) is 0. The van der Waals surface area contributed by atoms with Crippen LogP contribution in [0.25, 0.3) is 0 Å². The molecule has 0 aromatic carbocycles. The summed E-state index contributed by atoms with van der Waals surface area (Å²) < 4.78 is 0. The van der Waals surface area contributed by atoms with Crippen LogP contribution in [0.15, 0.2) is 0 Å². The van der Waals surface area contributed by atoms with Gasteiger partial charge in [0.15, 0.2) is 0 Å². The van der Waals surface area contributed by atoms with Crippen LogP contribution in [0.2, 0.25) is 0 Å². The summed E-state index contributed by atoms with van der Waals surface area (Å²) in [4.78, 5) is 0. The van der Waals surface area contributed by atoms with Crippen LogP contribution in [0.1, 0.15) is 66.2 Å². The Hall–Kier alpha value is 0. The average molecular weight is 196 g/mol.